The Hall–Kier alpha value is -1.96. The molecular formula is C19H20ClFN2O3S. The highest BCUT2D eigenvalue weighted by Gasteiger charge is 2.24. The summed E-state index contributed by atoms with van der Waals surface area (Å²) in [6, 6.07) is 7.99. The fourth-order valence-electron chi connectivity index (χ4n) is 3.05. The van der Waals surface area contributed by atoms with E-state index < -0.39 is 21.7 Å². The third kappa shape index (κ3) is 4.66. The van der Waals surface area contributed by atoms with Crippen molar-refractivity contribution in [2.75, 3.05) is 5.32 Å². The normalized spacial score (nSPS) is 15.1. The molecule has 2 aromatic carbocycles. The SMILES string of the molecule is Cc1ccc(NC(=O)c2cc(S(=O)(=O)NC3CCCC3)ccc2F)cc1Cl. The van der Waals surface area contributed by atoms with Crippen molar-refractivity contribution in [1.29, 1.82) is 0 Å². The average molecular weight is 411 g/mol. The summed E-state index contributed by atoms with van der Waals surface area (Å²) in [6.07, 6.45) is 3.51. The van der Waals surface area contributed by atoms with Crippen LogP contribution < -0.4 is 10.0 Å². The molecule has 144 valence electrons. The number of carbonyl (C=O) groups is 1. The second-order valence-electron chi connectivity index (χ2n) is 6.66. The van der Waals surface area contributed by atoms with Crippen molar-refractivity contribution < 1.29 is 17.6 Å². The van der Waals surface area contributed by atoms with E-state index in [0.29, 0.717) is 10.7 Å². The summed E-state index contributed by atoms with van der Waals surface area (Å²) in [7, 11) is -3.82. The van der Waals surface area contributed by atoms with E-state index in [1.165, 1.54) is 0 Å². The number of rotatable bonds is 5. The standard InChI is InChI=1S/C19H20ClFN2O3S/c1-12-6-7-14(10-17(12)20)22-19(24)16-11-15(8-9-18(16)21)27(25,26)23-13-4-2-3-5-13/h6-11,13,23H,2-5H2,1H3,(H,22,24). The van der Waals surface area contributed by atoms with Crippen molar-refractivity contribution >= 4 is 33.2 Å². The molecule has 8 heteroatoms. The Bertz CT molecular complexity index is 973. The number of sulfonamides is 1. The number of nitrogens with one attached hydrogen (secondary N) is 2. The van der Waals surface area contributed by atoms with Gasteiger partial charge in [0.1, 0.15) is 5.82 Å². The zero-order valence-corrected chi connectivity index (χ0v) is 16.3. The van der Waals surface area contributed by atoms with Gasteiger partial charge in [0.15, 0.2) is 0 Å². The lowest BCUT2D eigenvalue weighted by molar-refractivity contribution is 0.102. The quantitative estimate of drug-likeness (QED) is 0.773. The van der Waals surface area contributed by atoms with Gasteiger partial charge in [-0.05, 0) is 55.7 Å². The van der Waals surface area contributed by atoms with Crippen molar-refractivity contribution in [3.05, 3.63) is 58.4 Å². The van der Waals surface area contributed by atoms with Gasteiger partial charge in [0, 0.05) is 16.8 Å². The predicted molar refractivity (Wildman–Crippen MR) is 103 cm³/mol. The summed E-state index contributed by atoms with van der Waals surface area (Å²) in [5.41, 5.74) is 0.889. The maximum atomic E-state index is 14.2. The highest BCUT2D eigenvalue weighted by atomic mass is 35.5. The van der Waals surface area contributed by atoms with E-state index in [1.54, 1.807) is 18.2 Å². The lowest BCUT2D eigenvalue weighted by Crippen LogP contribution is -2.32. The topological polar surface area (TPSA) is 75.3 Å². The molecule has 0 radical (unpaired) electrons. The third-order valence-corrected chi connectivity index (χ3v) is 6.52. The van der Waals surface area contributed by atoms with Gasteiger partial charge in [0.25, 0.3) is 5.91 Å². The number of benzene rings is 2. The van der Waals surface area contributed by atoms with Gasteiger partial charge in [-0.1, -0.05) is 30.5 Å². The fraction of sp³-hybridized carbons (Fsp3) is 0.316. The molecule has 0 unspecified atom stereocenters. The molecule has 0 bridgehead atoms. The number of halogens is 2. The largest absolute Gasteiger partial charge is 0.322 e. The van der Waals surface area contributed by atoms with Gasteiger partial charge >= 0.3 is 0 Å². The van der Waals surface area contributed by atoms with Crippen LogP contribution in [0, 0.1) is 12.7 Å². The zero-order chi connectivity index (χ0) is 19.6. The van der Waals surface area contributed by atoms with E-state index in [2.05, 4.69) is 10.0 Å². The summed E-state index contributed by atoms with van der Waals surface area (Å²) in [5.74, 6) is -1.55. The van der Waals surface area contributed by atoms with Crippen LogP contribution in [0.15, 0.2) is 41.3 Å². The smallest absolute Gasteiger partial charge is 0.258 e. The van der Waals surface area contributed by atoms with E-state index in [1.807, 2.05) is 6.92 Å². The fourth-order valence-corrected chi connectivity index (χ4v) is 4.56. The van der Waals surface area contributed by atoms with Crippen LogP contribution in [0.2, 0.25) is 5.02 Å². The van der Waals surface area contributed by atoms with Crippen molar-refractivity contribution in [3.63, 3.8) is 0 Å². The van der Waals surface area contributed by atoms with Gasteiger partial charge < -0.3 is 5.32 Å². The molecule has 5 nitrogen and oxygen atoms in total. The minimum absolute atomic E-state index is 0.118. The molecule has 0 aromatic heterocycles. The molecule has 0 atom stereocenters. The Morgan fingerprint density at radius 1 is 1.15 bits per heavy atom. The first-order valence-electron chi connectivity index (χ1n) is 8.65. The molecule has 2 N–H and O–H groups in total. The molecule has 1 aliphatic carbocycles. The predicted octanol–water partition coefficient (Wildman–Crippen LogP) is 4.26. The van der Waals surface area contributed by atoms with Crippen LogP contribution in [-0.2, 0) is 10.0 Å². The van der Waals surface area contributed by atoms with Crippen LogP contribution in [-0.4, -0.2) is 20.4 Å². The summed E-state index contributed by atoms with van der Waals surface area (Å²) >= 11 is 6.03. The van der Waals surface area contributed by atoms with E-state index in [0.717, 1.165) is 49.4 Å². The minimum Gasteiger partial charge on any atom is -0.322 e. The Kier molecular flexibility index (Phi) is 5.83. The Morgan fingerprint density at radius 3 is 2.52 bits per heavy atom. The maximum absolute atomic E-state index is 14.2. The molecule has 3 rings (SSSR count). The van der Waals surface area contributed by atoms with E-state index in [9.17, 15) is 17.6 Å². The number of carbonyl (C=O) groups excluding carboxylic acids is 1. The Balaban J connectivity index is 1.83. The monoisotopic (exact) mass is 410 g/mol. The number of anilines is 1. The van der Waals surface area contributed by atoms with E-state index in [-0.39, 0.29) is 16.5 Å². The molecule has 0 heterocycles. The van der Waals surface area contributed by atoms with Gasteiger partial charge in [-0.15, -0.1) is 0 Å². The lowest BCUT2D eigenvalue weighted by Gasteiger charge is -2.14. The molecular weight excluding hydrogens is 391 g/mol. The van der Waals surface area contributed by atoms with E-state index >= 15 is 0 Å². The average Bonchev–Trinajstić information content (AvgIpc) is 3.10. The molecule has 1 aliphatic rings. The molecule has 0 aliphatic heterocycles. The van der Waals surface area contributed by atoms with Gasteiger partial charge in [-0.25, -0.2) is 17.5 Å². The lowest BCUT2D eigenvalue weighted by atomic mass is 10.2. The van der Waals surface area contributed by atoms with Crippen molar-refractivity contribution in [2.24, 2.45) is 0 Å². The Morgan fingerprint density at radius 2 is 1.85 bits per heavy atom. The number of hydrogen-bond donors (Lipinski definition) is 2. The molecule has 1 amide bonds. The number of aryl methyl sites for hydroxylation is 1. The first-order valence-corrected chi connectivity index (χ1v) is 10.5. The van der Waals surface area contributed by atoms with Crippen LogP contribution in [0.3, 0.4) is 0 Å². The zero-order valence-electron chi connectivity index (χ0n) is 14.8. The molecule has 2 aromatic rings. The highest BCUT2D eigenvalue weighted by molar-refractivity contribution is 7.89. The van der Waals surface area contributed by atoms with Crippen molar-refractivity contribution in [1.82, 2.24) is 4.72 Å². The van der Waals surface area contributed by atoms with Crippen LogP contribution in [0.5, 0.6) is 0 Å². The molecule has 0 spiro atoms. The second-order valence-corrected chi connectivity index (χ2v) is 8.78. The first-order chi connectivity index (χ1) is 12.8. The van der Waals surface area contributed by atoms with Crippen molar-refractivity contribution in [3.8, 4) is 0 Å². The molecule has 27 heavy (non-hydrogen) atoms. The number of amides is 1. The Labute approximate surface area is 163 Å². The molecule has 0 saturated heterocycles. The summed E-state index contributed by atoms with van der Waals surface area (Å²) in [6.45, 7) is 1.82. The minimum atomic E-state index is -3.82. The first kappa shape index (κ1) is 19.8. The van der Waals surface area contributed by atoms with E-state index in [4.69, 9.17) is 11.6 Å². The second kappa shape index (κ2) is 7.96. The van der Waals surface area contributed by atoms with Crippen LogP contribution in [0.4, 0.5) is 10.1 Å². The highest BCUT2D eigenvalue weighted by Crippen LogP contribution is 2.23. The van der Waals surface area contributed by atoms with Crippen molar-refractivity contribution in [2.45, 2.75) is 43.5 Å². The number of hydrogen-bond acceptors (Lipinski definition) is 3. The van der Waals surface area contributed by atoms with Crippen LogP contribution >= 0.6 is 11.6 Å². The van der Waals surface area contributed by atoms with Gasteiger partial charge in [-0.2, -0.15) is 0 Å². The van der Waals surface area contributed by atoms with Gasteiger partial charge in [-0.3, -0.25) is 4.79 Å². The van der Waals surface area contributed by atoms with Gasteiger partial charge in [0.2, 0.25) is 10.0 Å². The summed E-state index contributed by atoms with van der Waals surface area (Å²) in [5, 5.41) is 3.00. The van der Waals surface area contributed by atoms with Crippen LogP contribution in [0.1, 0.15) is 41.6 Å². The summed E-state index contributed by atoms with van der Waals surface area (Å²) in [4.78, 5) is 12.3. The van der Waals surface area contributed by atoms with Crippen LogP contribution in [0.25, 0.3) is 0 Å². The molecule has 1 saturated carbocycles. The third-order valence-electron chi connectivity index (χ3n) is 4.60. The molecule has 1 fully saturated rings. The maximum Gasteiger partial charge on any atom is 0.258 e. The van der Waals surface area contributed by atoms with Gasteiger partial charge in [0.05, 0.1) is 10.5 Å². The summed E-state index contributed by atoms with van der Waals surface area (Å²) < 4.78 is 41.8.